The highest BCUT2D eigenvalue weighted by molar-refractivity contribution is 7.80. The number of rotatable bonds is 5. The maximum Gasteiger partial charge on any atom is 0.173 e. The van der Waals surface area contributed by atoms with Crippen LogP contribution in [0.15, 0.2) is 48.5 Å². The molecule has 2 aromatic carbocycles. The van der Waals surface area contributed by atoms with Crippen LogP contribution in [-0.2, 0) is 6.54 Å². The predicted octanol–water partition coefficient (Wildman–Crippen LogP) is 5.82. The lowest BCUT2D eigenvalue weighted by Gasteiger charge is -2.26. The van der Waals surface area contributed by atoms with E-state index in [2.05, 4.69) is 48.3 Å². The quantitative estimate of drug-likeness (QED) is 0.677. The largest absolute Gasteiger partial charge is 0.342 e. The summed E-state index contributed by atoms with van der Waals surface area (Å²) in [6, 6.07) is 17.1. The molecule has 0 aromatic heterocycles. The maximum atomic E-state index is 5.94. The molecule has 0 amide bonds. The Hall–Kier alpha value is -1.58. The van der Waals surface area contributed by atoms with Crippen LogP contribution in [0.3, 0.4) is 0 Å². The van der Waals surface area contributed by atoms with E-state index >= 15 is 0 Å². The second-order valence-electron chi connectivity index (χ2n) is 6.69. The molecule has 0 saturated heterocycles. The first-order chi connectivity index (χ1) is 11.5. The maximum absolute atomic E-state index is 5.94. The van der Waals surface area contributed by atoms with Gasteiger partial charge in [0.1, 0.15) is 0 Å². The second kappa shape index (κ2) is 7.54. The van der Waals surface area contributed by atoms with Crippen molar-refractivity contribution in [1.82, 2.24) is 4.90 Å². The summed E-state index contributed by atoms with van der Waals surface area (Å²) in [5, 5.41) is 4.86. The lowest BCUT2D eigenvalue weighted by atomic mass is 10.0. The highest BCUT2D eigenvalue weighted by Crippen LogP contribution is 2.29. The molecule has 1 aliphatic carbocycles. The summed E-state index contributed by atoms with van der Waals surface area (Å²) in [4.78, 5) is 2.30. The van der Waals surface area contributed by atoms with Crippen LogP contribution in [0.1, 0.15) is 43.7 Å². The van der Waals surface area contributed by atoms with Gasteiger partial charge in [0.15, 0.2) is 5.11 Å². The lowest BCUT2D eigenvalue weighted by Crippen LogP contribution is -2.36. The Balaban J connectivity index is 1.68. The molecule has 2 nitrogen and oxygen atoms in total. The summed E-state index contributed by atoms with van der Waals surface area (Å²) >= 11 is 11.6. The van der Waals surface area contributed by atoms with Gasteiger partial charge < -0.3 is 10.2 Å². The van der Waals surface area contributed by atoms with Crippen LogP contribution >= 0.6 is 23.8 Å². The van der Waals surface area contributed by atoms with Gasteiger partial charge in [-0.25, -0.2) is 0 Å². The third-order valence-corrected chi connectivity index (χ3v) is 4.93. The van der Waals surface area contributed by atoms with E-state index in [-0.39, 0.29) is 0 Å². The average Bonchev–Trinajstić information content (AvgIpc) is 3.40. The van der Waals surface area contributed by atoms with Gasteiger partial charge in [-0.2, -0.15) is 0 Å². The Kier molecular flexibility index (Phi) is 5.42. The van der Waals surface area contributed by atoms with Gasteiger partial charge in [-0.05, 0) is 66.4 Å². The highest BCUT2D eigenvalue weighted by Gasteiger charge is 2.30. The van der Waals surface area contributed by atoms with Gasteiger partial charge in [-0.1, -0.05) is 49.7 Å². The van der Waals surface area contributed by atoms with Gasteiger partial charge in [0.2, 0.25) is 0 Å². The normalized spacial score (nSPS) is 13.8. The summed E-state index contributed by atoms with van der Waals surface area (Å²) in [5.74, 6) is 0.561. The van der Waals surface area contributed by atoms with Crippen molar-refractivity contribution in [3.05, 3.63) is 64.7 Å². The molecule has 1 N–H and O–H groups in total. The van der Waals surface area contributed by atoms with E-state index in [1.54, 1.807) is 0 Å². The Morgan fingerprint density at radius 3 is 2.29 bits per heavy atom. The van der Waals surface area contributed by atoms with Crippen LogP contribution in [0, 0.1) is 0 Å². The van der Waals surface area contributed by atoms with Crippen LogP contribution in [-0.4, -0.2) is 16.1 Å². The Bertz CT molecular complexity index is 691. The summed E-state index contributed by atoms with van der Waals surface area (Å²) in [6.45, 7) is 5.29. The van der Waals surface area contributed by atoms with Crippen molar-refractivity contribution in [3.8, 4) is 0 Å². The van der Waals surface area contributed by atoms with Crippen molar-refractivity contribution >= 4 is 34.6 Å². The number of anilines is 1. The smallest absolute Gasteiger partial charge is 0.173 e. The third kappa shape index (κ3) is 4.49. The van der Waals surface area contributed by atoms with Crippen molar-refractivity contribution < 1.29 is 0 Å². The average molecular weight is 359 g/mol. The van der Waals surface area contributed by atoms with Gasteiger partial charge in [-0.15, -0.1) is 0 Å². The van der Waals surface area contributed by atoms with Crippen molar-refractivity contribution in [2.75, 3.05) is 5.32 Å². The van der Waals surface area contributed by atoms with Crippen molar-refractivity contribution in [2.24, 2.45) is 0 Å². The van der Waals surface area contributed by atoms with Crippen molar-refractivity contribution in [1.29, 1.82) is 0 Å². The van der Waals surface area contributed by atoms with E-state index in [1.165, 1.54) is 24.0 Å². The van der Waals surface area contributed by atoms with Crippen molar-refractivity contribution in [3.63, 3.8) is 0 Å². The first-order valence-electron chi connectivity index (χ1n) is 8.45. The Labute approximate surface area is 154 Å². The molecule has 3 rings (SSSR count). The molecule has 1 aliphatic rings. The van der Waals surface area contributed by atoms with Crippen LogP contribution in [0.2, 0.25) is 5.02 Å². The molecule has 1 saturated carbocycles. The van der Waals surface area contributed by atoms with Gasteiger partial charge in [0, 0.05) is 23.3 Å². The minimum Gasteiger partial charge on any atom is -0.342 e. The third-order valence-electron chi connectivity index (χ3n) is 4.34. The molecule has 0 unspecified atom stereocenters. The molecule has 0 heterocycles. The van der Waals surface area contributed by atoms with E-state index in [9.17, 15) is 0 Å². The summed E-state index contributed by atoms with van der Waals surface area (Å²) in [5.41, 5.74) is 3.65. The number of nitrogens with one attached hydrogen (secondary N) is 1. The summed E-state index contributed by atoms with van der Waals surface area (Å²) in [7, 11) is 0. The van der Waals surface area contributed by atoms with Gasteiger partial charge in [0.25, 0.3) is 0 Å². The van der Waals surface area contributed by atoms with E-state index in [1.807, 2.05) is 24.3 Å². The van der Waals surface area contributed by atoms with Crippen LogP contribution in [0.25, 0.3) is 0 Å². The number of halogens is 1. The molecule has 0 radical (unpaired) electrons. The zero-order valence-corrected chi connectivity index (χ0v) is 15.7. The molecule has 24 heavy (non-hydrogen) atoms. The number of hydrogen-bond donors (Lipinski definition) is 1. The Morgan fingerprint density at radius 1 is 1.12 bits per heavy atom. The van der Waals surface area contributed by atoms with Crippen LogP contribution in [0.5, 0.6) is 0 Å². The molecular formula is C20H23ClN2S. The molecule has 1 fully saturated rings. The van der Waals surface area contributed by atoms with Crippen molar-refractivity contribution in [2.45, 2.75) is 45.2 Å². The lowest BCUT2D eigenvalue weighted by molar-refractivity contribution is 0.409. The number of nitrogens with zero attached hydrogens (tertiary/aromatic N) is 1. The van der Waals surface area contributed by atoms with E-state index in [0.29, 0.717) is 12.0 Å². The standard InChI is InChI=1S/C20H23ClN2S/c1-14(2)16-5-3-15(4-6-16)13-23(19-11-12-19)20(24)22-18-9-7-17(21)8-10-18/h3-10,14,19H,11-13H2,1-2H3,(H,22,24). The fourth-order valence-electron chi connectivity index (χ4n) is 2.69. The number of hydrogen-bond acceptors (Lipinski definition) is 1. The Morgan fingerprint density at radius 2 is 1.75 bits per heavy atom. The van der Waals surface area contributed by atoms with E-state index < -0.39 is 0 Å². The van der Waals surface area contributed by atoms with E-state index in [0.717, 1.165) is 22.4 Å². The highest BCUT2D eigenvalue weighted by atomic mass is 35.5. The first kappa shape index (κ1) is 17.2. The van der Waals surface area contributed by atoms with E-state index in [4.69, 9.17) is 23.8 Å². The fraction of sp³-hybridized carbons (Fsp3) is 0.350. The predicted molar refractivity (Wildman–Crippen MR) is 107 cm³/mol. The first-order valence-corrected chi connectivity index (χ1v) is 9.23. The summed E-state index contributed by atoms with van der Waals surface area (Å²) in [6.07, 6.45) is 2.43. The minimum atomic E-state index is 0.557. The number of benzene rings is 2. The molecule has 126 valence electrons. The minimum absolute atomic E-state index is 0.557. The topological polar surface area (TPSA) is 15.3 Å². The summed E-state index contributed by atoms with van der Waals surface area (Å²) < 4.78 is 0. The van der Waals surface area contributed by atoms with Crippen LogP contribution in [0.4, 0.5) is 5.69 Å². The second-order valence-corrected chi connectivity index (χ2v) is 7.52. The molecule has 0 bridgehead atoms. The van der Waals surface area contributed by atoms with Gasteiger partial charge in [0.05, 0.1) is 0 Å². The molecule has 0 aliphatic heterocycles. The monoisotopic (exact) mass is 358 g/mol. The molecule has 4 heteroatoms. The zero-order chi connectivity index (χ0) is 17.1. The zero-order valence-electron chi connectivity index (χ0n) is 14.1. The number of thiocarbonyl (C=S) groups is 1. The molecule has 2 aromatic rings. The molecule has 0 spiro atoms. The molecular weight excluding hydrogens is 336 g/mol. The fourth-order valence-corrected chi connectivity index (χ4v) is 3.14. The van der Waals surface area contributed by atoms with Gasteiger partial charge in [-0.3, -0.25) is 0 Å². The van der Waals surface area contributed by atoms with Crippen LogP contribution < -0.4 is 5.32 Å². The molecule has 0 atom stereocenters. The SMILES string of the molecule is CC(C)c1ccc(CN(C(=S)Nc2ccc(Cl)cc2)C2CC2)cc1. The van der Waals surface area contributed by atoms with Gasteiger partial charge >= 0.3 is 0 Å².